The molecule has 0 bridgehead atoms. The minimum Gasteiger partial charge on any atom is -0.493 e. The summed E-state index contributed by atoms with van der Waals surface area (Å²) in [4.78, 5) is 10.8. The fourth-order valence-electron chi connectivity index (χ4n) is 1.89. The van der Waals surface area contributed by atoms with Crippen LogP contribution < -0.4 is 20.5 Å². The number of primary amides is 1. The fourth-order valence-corrected chi connectivity index (χ4v) is 2.08. The molecule has 0 aromatic heterocycles. The number of anilines is 1. The summed E-state index contributed by atoms with van der Waals surface area (Å²) in [7, 11) is 1.54. The van der Waals surface area contributed by atoms with E-state index in [4.69, 9.17) is 26.8 Å². The highest BCUT2D eigenvalue weighted by molar-refractivity contribution is 6.30. The summed E-state index contributed by atoms with van der Waals surface area (Å²) in [5.74, 6) is 0.494. The zero-order valence-electron chi connectivity index (χ0n) is 12.1. The predicted molar refractivity (Wildman–Crippen MR) is 86.5 cm³/mol. The molecule has 0 heterocycles. The molecular weight excluding hydrogens is 304 g/mol. The molecule has 2 rings (SSSR count). The van der Waals surface area contributed by atoms with Crippen molar-refractivity contribution >= 4 is 23.2 Å². The molecule has 3 N–H and O–H groups in total. The molecule has 6 heteroatoms. The van der Waals surface area contributed by atoms with E-state index < -0.39 is 5.91 Å². The first-order chi connectivity index (χ1) is 10.6. The van der Waals surface area contributed by atoms with E-state index in [9.17, 15) is 4.79 Å². The molecule has 0 aliphatic rings. The SMILES string of the molecule is COc1cc(CNc2cccc(Cl)c2)ccc1OCC(N)=O. The van der Waals surface area contributed by atoms with Crippen LogP contribution in [0.5, 0.6) is 11.5 Å². The quantitative estimate of drug-likeness (QED) is 0.822. The average Bonchev–Trinajstić information content (AvgIpc) is 2.51. The van der Waals surface area contributed by atoms with Gasteiger partial charge in [0.05, 0.1) is 7.11 Å². The summed E-state index contributed by atoms with van der Waals surface area (Å²) in [6.45, 7) is 0.420. The molecule has 0 radical (unpaired) electrons. The normalized spacial score (nSPS) is 10.1. The Hall–Kier alpha value is -2.40. The first-order valence-corrected chi connectivity index (χ1v) is 7.03. The highest BCUT2D eigenvalue weighted by atomic mass is 35.5. The van der Waals surface area contributed by atoms with Crippen molar-refractivity contribution < 1.29 is 14.3 Å². The van der Waals surface area contributed by atoms with Gasteiger partial charge in [-0.3, -0.25) is 4.79 Å². The Morgan fingerprint density at radius 3 is 2.73 bits per heavy atom. The van der Waals surface area contributed by atoms with Crippen molar-refractivity contribution in [2.24, 2.45) is 5.73 Å². The number of rotatable bonds is 7. The maximum atomic E-state index is 10.8. The van der Waals surface area contributed by atoms with Gasteiger partial charge in [0.1, 0.15) is 0 Å². The van der Waals surface area contributed by atoms with Gasteiger partial charge < -0.3 is 20.5 Å². The monoisotopic (exact) mass is 320 g/mol. The second kappa shape index (κ2) is 7.56. The Labute approximate surface area is 134 Å². The van der Waals surface area contributed by atoms with E-state index in [2.05, 4.69) is 5.32 Å². The van der Waals surface area contributed by atoms with Crippen LogP contribution in [0, 0.1) is 0 Å². The lowest BCUT2D eigenvalue weighted by Gasteiger charge is -2.12. The van der Waals surface area contributed by atoms with Crippen molar-refractivity contribution in [2.45, 2.75) is 6.54 Å². The van der Waals surface area contributed by atoms with Gasteiger partial charge in [0.2, 0.25) is 0 Å². The molecule has 2 aromatic rings. The number of carbonyl (C=O) groups excluding carboxylic acids is 1. The van der Waals surface area contributed by atoms with E-state index >= 15 is 0 Å². The Morgan fingerprint density at radius 1 is 1.23 bits per heavy atom. The van der Waals surface area contributed by atoms with Crippen LogP contribution in [0.1, 0.15) is 5.56 Å². The third-order valence-electron chi connectivity index (χ3n) is 2.92. The number of nitrogens with one attached hydrogen (secondary N) is 1. The lowest BCUT2D eigenvalue weighted by atomic mass is 10.2. The molecule has 0 aliphatic heterocycles. The second-order valence-corrected chi connectivity index (χ2v) is 5.04. The Balaban J connectivity index is 2.04. The van der Waals surface area contributed by atoms with E-state index in [0.717, 1.165) is 11.3 Å². The van der Waals surface area contributed by atoms with Crippen molar-refractivity contribution in [1.29, 1.82) is 0 Å². The van der Waals surface area contributed by atoms with Crippen molar-refractivity contribution in [3.8, 4) is 11.5 Å². The Morgan fingerprint density at radius 2 is 2.05 bits per heavy atom. The lowest BCUT2D eigenvalue weighted by Crippen LogP contribution is -2.20. The van der Waals surface area contributed by atoms with Crippen LogP contribution in [0.25, 0.3) is 0 Å². The highest BCUT2D eigenvalue weighted by Gasteiger charge is 2.07. The van der Waals surface area contributed by atoms with Gasteiger partial charge in [-0.2, -0.15) is 0 Å². The fraction of sp³-hybridized carbons (Fsp3) is 0.188. The first-order valence-electron chi connectivity index (χ1n) is 6.66. The molecule has 0 fully saturated rings. The molecule has 116 valence electrons. The van der Waals surface area contributed by atoms with Gasteiger partial charge in [0, 0.05) is 17.3 Å². The second-order valence-electron chi connectivity index (χ2n) is 4.60. The maximum absolute atomic E-state index is 10.8. The molecule has 2 aromatic carbocycles. The van der Waals surface area contributed by atoms with E-state index in [0.29, 0.717) is 23.1 Å². The van der Waals surface area contributed by atoms with Crippen LogP contribution in [0.4, 0.5) is 5.69 Å². The molecule has 22 heavy (non-hydrogen) atoms. The van der Waals surface area contributed by atoms with Gasteiger partial charge in [0.15, 0.2) is 18.1 Å². The van der Waals surface area contributed by atoms with Crippen LogP contribution >= 0.6 is 11.6 Å². The van der Waals surface area contributed by atoms with Gasteiger partial charge in [-0.05, 0) is 35.9 Å². The standard InChI is InChI=1S/C16H17ClN2O3/c1-21-15-7-11(5-6-14(15)22-10-16(18)20)9-19-13-4-2-3-12(17)8-13/h2-8,19H,9-10H2,1H3,(H2,18,20). The number of methoxy groups -OCH3 is 1. The first kappa shape index (κ1) is 16.0. The van der Waals surface area contributed by atoms with Gasteiger partial charge >= 0.3 is 0 Å². The lowest BCUT2D eigenvalue weighted by molar-refractivity contribution is -0.119. The number of carbonyl (C=O) groups is 1. The van der Waals surface area contributed by atoms with Crippen molar-refractivity contribution in [3.63, 3.8) is 0 Å². The van der Waals surface area contributed by atoms with Gasteiger partial charge in [-0.1, -0.05) is 23.7 Å². The Kier molecular flexibility index (Phi) is 5.49. The summed E-state index contributed by atoms with van der Waals surface area (Å²) in [6, 6.07) is 13.0. The van der Waals surface area contributed by atoms with Gasteiger partial charge in [0.25, 0.3) is 5.91 Å². The van der Waals surface area contributed by atoms with E-state index in [-0.39, 0.29) is 6.61 Å². The smallest absolute Gasteiger partial charge is 0.255 e. The predicted octanol–water partition coefficient (Wildman–Crippen LogP) is 2.82. The number of benzene rings is 2. The van der Waals surface area contributed by atoms with Crippen molar-refractivity contribution in [1.82, 2.24) is 0 Å². The van der Waals surface area contributed by atoms with E-state index in [1.54, 1.807) is 13.2 Å². The minimum absolute atomic E-state index is 0.184. The third kappa shape index (κ3) is 4.56. The van der Waals surface area contributed by atoms with Crippen LogP contribution in [0.3, 0.4) is 0 Å². The summed E-state index contributed by atoms with van der Waals surface area (Å²) >= 11 is 5.94. The Bertz CT molecular complexity index is 662. The molecule has 0 saturated heterocycles. The van der Waals surface area contributed by atoms with Crippen molar-refractivity contribution in [3.05, 3.63) is 53.1 Å². The molecule has 0 unspecified atom stereocenters. The number of hydrogen-bond donors (Lipinski definition) is 2. The summed E-state index contributed by atoms with van der Waals surface area (Å²) in [5, 5.41) is 3.95. The third-order valence-corrected chi connectivity index (χ3v) is 3.15. The van der Waals surface area contributed by atoms with Crippen LogP contribution in [0.2, 0.25) is 5.02 Å². The van der Waals surface area contributed by atoms with Gasteiger partial charge in [-0.25, -0.2) is 0 Å². The minimum atomic E-state index is -0.534. The molecule has 0 saturated carbocycles. The summed E-state index contributed by atoms with van der Waals surface area (Å²) in [6.07, 6.45) is 0. The molecule has 0 atom stereocenters. The molecular formula is C16H17ClN2O3. The topological polar surface area (TPSA) is 73.6 Å². The molecule has 0 aliphatic carbocycles. The summed E-state index contributed by atoms with van der Waals surface area (Å²) in [5.41, 5.74) is 6.99. The zero-order chi connectivity index (χ0) is 15.9. The molecule has 0 spiro atoms. The molecule has 5 nitrogen and oxygen atoms in total. The van der Waals surface area contributed by atoms with E-state index in [1.807, 2.05) is 36.4 Å². The zero-order valence-corrected chi connectivity index (χ0v) is 12.9. The summed E-state index contributed by atoms with van der Waals surface area (Å²) < 4.78 is 10.5. The maximum Gasteiger partial charge on any atom is 0.255 e. The number of nitrogens with two attached hydrogens (primary N) is 1. The highest BCUT2D eigenvalue weighted by Crippen LogP contribution is 2.28. The number of hydrogen-bond acceptors (Lipinski definition) is 4. The number of ether oxygens (including phenoxy) is 2. The van der Waals surface area contributed by atoms with Crippen LogP contribution in [-0.4, -0.2) is 19.6 Å². The number of amides is 1. The number of halogens is 1. The van der Waals surface area contributed by atoms with Crippen molar-refractivity contribution in [2.75, 3.05) is 19.0 Å². The van der Waals surface area contributed by atoms with E-state index in [1.165, 1.54) is 0 Å². The van der Waals surface area contributed by atoms with Gasteiger partial charge in [-0.15, -0.1) is 0 Å². The molecule has 1 amide bonds. The largest absolute Gasteiger partial charge is 0.493 e. The van der Waals surface area contributed by atoms with Crippen LogP contribution in [-0.2, 0) is 11.3 Å². The average molecular weight is 321 g/mol. The van der Waals surface area contributed by atoms with Crippen LogP contribution in [0.15, 0.2) is 42.5 Å².